The van der Waals surface area contributed by atoms with Gasteiger partial charge in [0.25, 0.3) is 0 Å². The van der Waals surface area contributed by atoms with Gasteiger partial charge in [0.05, 0.1) is 0 Å². The van der Waals surface area contributed by atoms with Crippen LogP contribution in [0.1, 0.15) is 303 Å². The first-order valence-electron chi connectivity index (χ1n) is 32.4. The van der Waals surface area contributed by atoms with E-state index in [-0.39, 0.29) is 31.1 Å². The van der Waals surface area contributed by atoms with Crippen LogP contribution in [0.4, 0.5) is 0 Å². The van der Waals surface area contributed by atoms with Crippen molar-refractivity contribution < 1.29 is 28.6 Å². The van der Waals surface area contributed by atoms with Gasteiger partial charge in [-0.1, -0.05) is 271 Å². The average Bonchev–Trinajstić information content (AvgIpc) is 3.43. The third-order valence-corrected chi connectivity index (χ3v) is 13.7. The minimum absolute atomic E-state index is 0.0878. The highest BCUT2D eigenvalue weighted by Gasteiger charge is 2.19. The zero-order valence-electron chi connectivity index (χ0n) is 50.4. The number of rotatable bonds is 58. The van der Waals surface area contributed by atoms with Crippen LogP contribution >= 0.6 is 0 Å². The van der Waals surface area contributed by atoms with Crippen molar-refractivity contribution in [1.29, 1.82) is 0 Å². The number of carbonyl (C=O) groups excluding carboxylic acids is 3. The van der Waals surface area contributed by atoms with Crippen LogP contribution < -0.4 is 0 Å². The molecule has 0 radical (unpaired) electrons. The Morgan fingerprint density at radius 1 is 0.273 bits per heavy atom. The second-order valence-corrected chi connectivity index (χ2v) is 21.3. The quantitative estimate of drug-likeness (QED) is 0.0261. The Morgan fingerprint density at radius 3 is 0.844 bits per heavy atom. The Balaban J connectivity index is 4.30. The molecule has 0 saturated carbocycles. The van der Waals surface area contributed by atoms with E-state index in [4.69, 9.17) is 14.2 Å². The molecule has 0 aliphatic carbocycles. The van der Waals surface area contributed by atoms with Crippen LogP contribution in [-0.4, -0.2) is 37.2 Å². The largest absolute Gasteiger partial charge is 0.462 e. The van der Waals surface area contributed by atoms with E-state index in [0.29, 0.717) is 19.3 Å². The maximum Gasteiger partial charge on any atom is 0.306 e. The molecule has 0 aliphatic heterocycles. The molecule has 1 unspecified atom stereocenters. The second kappa shape index (κ2) is 64.6. The molecule has 0 spiro atoms. The summed E-state index contributed by atoms with van der Waals surface area (Å²) in [5.74, 6) is -0.907. The van der Waals surface area contributed by atoms with Gasteiger partial charge in [0, 0.05) is 19.3 Å². The maximum atomic E-state index is 12.9. The van der Waals surface area contributed by atoms with E-state index in [2.05, 4.69) is 130 Å². The lowest BCUT2D eigenvalue weighted by atomic mass is 10.0. The van der Waals surface area contributed by atoms with Gasteiger partial charge < -0.3 is 14.2 Å². The number of hydrogen-bond donors (Lipinski definition) is 0. The number of unbranched alkanes of at least 4 members (excludes halogenated alkanes) is 29. The van der Waals surface area contributed by atoms with Crippen molar-refractivity contribution in [3.63, 3.8) is 0 Å². The van der Waals surface area contributed by atoms with E-state index >= 15 is 0 Å². The highest BCUT2D eigenvalue weighted by Crippen LogP contribution is 2.16. The van der Waals surface area contributed by atoms with Crippen molar-refractivity contribution in [3.05, 3.63) is 109 Å². The molecular weight excluding hydrogens is 949 g/mol. The zero-order valence-corrected chi connectivity index (χ0v) is 50.4. The van der Waals surface area contributed by atoms with Crippen LogP contribution in [0.15, 0.2) is 109 Å². The molecule has 0 rings (SSSR count). The number of esters is 3. The molecule has 0 aliphatic rings. The lowest BCUT2D eigenvalue weighted by Gasteiger charge is -2.18. The highest BCUT2D eigenvalue weighted by molar-refractivity contribution is 5.71. The van der Waals surface area contributed by atoms with Crippen molar-refractivity contribution in [1.82, 2.24) is 0 Å². The SMILES string of the molecule is CC/C=C\C/C=C\C/C=C\C/C=C\C/C=C\CCCCCCCCCCCCCC(=O)OCC(COC(=O)CCCCCCC/C=C\CCCC)OC(=O)CCCCCCCC/C=C\C/C=C\C/C=C\CCCCCCC. The molecule has 0 bridgehead atoms. The van der Waals surface area contributed by atoms with Crippen LogP contribution in [0.3, 0.4) is 0 Å². The smallest absolute Gasteiger partial charge is 0.306 e. The Kier molecular flexibility index (Phi) is 61.3. The molecule has 440 valence electrons. The summed E-state index contributed by atoms with van der Waals surface area (Å²) in [4.78, 5) is 38.3. The Hall–Kier alpha value is -3.93. The molecule has 0 aromatic rings. The molecule has 6 nitrogen and oxygen atoms in total. The van der Waals surface area contributed by atoms with Crippen molar-refractivity contribution in [2.45, 2.75) is 309 Å². The van der Waals surface area contributed by atoms with E-state index in [1.165, 1.54) is 141 Å². The van der Waals surface area contributed by atoms with Gasteiger partial charge in [-0.05, 0) is 122 Å². The molecule has 0 saturated heterocycles. The molecule has 0 fully saturated rings. The molecule has 6 heteroatoms. The second-order valence-electron chi connectivity index (χ2n) is 21.3. The van der Waals surface area contributed by atoms with Crippen molar-refractivity contribution in [3.8, 4) is 0 Å². The third-order valence-electron chi connectivity index (χ3n) is 13.7. The standard InChI is InChI=1S/C71H120O6/c1-4-7-10-13-16-19-22-24-26-28-30-32-33-34-35-36-37-39-40-42-44-46-49-52-55-58-61-64-70(73)76-67-68(66-75-69(72)63-60-57-54-51-48-21-18-15-12-9-6-3)77-71(74)65-62-59-56-53-50-47-45-43-41-38-31-29-27-25-23-20-17-14-11-8-5-2/h7,10,15-16,18-19,23-26,29-32,34-35,41,43,68H,4-6,8-9,11-14,17,20-22,27-28,33,36-40,42,44-67H2,1-3H3/b10-7-,18-15-,19-16-,25-23-,26-24-,31-29-,32-30-,35-34-,43-41-. The molecule has 1 atom stereocenters. The summed E-state index contributed by atoms with van der Waals surface area (Å²) in [6, 6.07) is 0. The highest BCUT2D eigenvalue weighted by atomic mass is 16.6. The third kappa shape index (κ3) is 62.8. The van der Waals surface area contributed by atoms with E-state index < -0.39 is 6.10 Å². The maximum absolute atomic E-state index is 12.9. The lowest BCUT2D eigenvalue weighted by molar-refractivity contribution is -0.167. The molecule has 0 N–H and O–H groups in total. The Morgan fingerprint density at radius 2 is 0.519 bits per heavy atom. The summed E-state index contributed by atoms with van der Waals surface area (Å²) in [5.41, 5.74) is 0. The number of hydrogen-bond acceptors (Lipinski definition) is 6. The van der Waals surface area contributed by atoms with E-state index in [1.54, 1.807) is 0 Å². The van der Waals surface area contributed by atoms with Gasteiger partial charge in [-0.2, -0.15) is 0 Å². The van der Waals surface area contributed by atoms with E-state index in [9.17, 15) is 14.4 Å². The predicted molar refractivity (Wildman–Crippen MR) is 334 cm³/mol. The van der Waals surface area contributed by atoms with Gasteiger partial charge in [0.1, 0.15) is 13.2 Å². The van der Waals surface area contributed by atoms with Crippen LogP contribution in [-0.2, 0) is 28.6 Å². The monoisotopic (exact) mass is 1070 g/mol. The Bertz CT molecular complexity index is 1560. The first-order chi connectivity index (χ1) is 38.0. The van der Waals surface area contributed by atoms with Gasteiger partial charge in [-0.25, -0.2) is 0 Å². The van der Waals surface area contributed by atoms with Crippen LogP contribution in [0.5, 0.6) is 0 Å². The summed E-state index contributed by atoms with van der Waals surface area (Å²) >= 11 is 0. The average molecular weight is 1070 g/mol. The summed E-state index contributed by atoms with van der Waals surface area (Å²) < 4.78 is 16.9. The fourth-order valence-corrected chi connectivity index (χ4v) is 8.87. The van der Waals surface area contributed by atoms with Crippen LogP contribution in [0, 0.1) is 0 Å². The van der Waals surface area contributed by atoms with E-state index in [0.717, 1.165) is 122 Å². The summed E-state index contributed by atoms with van der Waals surface area (Å²) in [5, 5.41) is 0. The fraction of sp³-hybridized carbons (Fsp3) is 0.704. The zero-order chi connectivity index (χ0) is 55.7. The number of carbonyl (C=O) groups is 3. The normalized spacial score (nSPS) is 12.8. The first-order valence-corrected chi connectivity index (χ1v) is 32.4. The van der Waals surface area contributed by atoms with E-state index in [1.807, 2.05) is 0 Å². The summed E-state index contributed by atoms with van der Waals surface area (Å²) in [6.45, 7) is 6.47. The van der Waals surface area contributed by atoms with Crippen molar-refractivity contribution in [2.75, 3.05) is 13.2 Å². The van der Waals surface area contributed by atoms with Gasteiger partial charge in [-0.3, -0.25) is 14.4 Å². The van der Waals surface area contributed by atoms with Gasteiger partial charge in [0.15, 0.2) is 6.10 Å². The molecule has 0 amide bonds. The van der Waals surface area contributed by atoms with Gasteiger partial charge in [0.2, 0.25) is 0 Å². The summed E-state index contributed by atoms with van der Waals surface area (Å²) in [7, 11) is 0. The molecule has 77 heavy (non-hydrogen) atoms. The first kappa shape index (κ1) is 73.1. The number of allylic oxidation sites excluding steroid dienone is 18. The van der Waals surface area contributed by atoms with Gasteiger partial charge in [-0.15, -0.1) is 0 Å². The number of ether oxygens (including phenoxy) is 3. The van der Waals surface area contributed by atoms with Crippen molar-refractivity contribution in [2.24, 2.45) is 0 Å². The Labute approximate surface area is 476 Å². The van der Waals surface area contributed by atoms with Crippen LogP contribution in [0.25, 0.3) is 0 Å². The minimum atomic E-state index is -0.792. The lowest BCUT2D eigenvalue weighted by Crippen LogP contribution is -2.30. The molecule has 0 aromatic carbocycles. The predicted octanol–water partition coefficient (Wildman–Crippen LogP) is 22.2. The fourth-order valence-electron chi connectivity index (χ4n) is 8.87. The molecule has 0 heterocycles. The molecule has 0 aromatic heterocycles. The topological polar surface area (TPSA) is 78.9 Å². The van der Waals surface area contributed by atoms with Crippen molar-refractivity contribution >= 4 is 17.9 Å². The van der Waals surface area contributed by atoms with Crippen LogP contribution in [0.2, 0.25) is 0 Å². The summed E-state index contributed by atoms with van der Waals surface area (Å²) in [6.07, 6.45) is 88.1. The van der Waals surface area contributed by atoms with Gasteiger partial charge >= 0.3 is 17.9 Å². The molecular formula is C71H120O6. The minimum Gasteiger partial charge on any atom is -0.462 e.